The monoisotopic (exact) mass is 200 g/mol. The minimum Gasteiger partial charge on any atom is -0.496 e. The van der Waals surface area contributed by atoms with Crippen molar-refractivity contribution in [3.8, 4) is 11.5 Å². The molecule has 3 nitrogen and oxygen atoms in total. The maximum atomic E-state index is 13.5. The molecule has 0 aliphatic carbocycles. The van der Waals surface area contributed by atoms with Crippen LogP contribution in [0.5, 0.6) is 11.5 Å². The molecule has 0 aliphatic rings. The zero-order valence-corrected chi connectivity index (χ0v) is 8.21. The van der Waals surface area contributed by atoms with Gasteiger partial charge in [0.05, 0.1) is 25.9 Å². The fraction of sp³-hybridized carbons (Fsp3) is 0.400. The van der Waals surface area contributed by atoms with Gasteiger partial charge in [0.1, 0.15) is 5.75 Å². The molecule has 1 rings (SSSR count). The van der Waals surface area contributed by atoms with Crippen LogP contribution in [0, 0.1) is 5.82 Å². The molecule has 0 saturated heterocycles. The number of hydrogen-bond donors (Lipinski definition) is 1. The van der Waals surface area contributed by atoms with E-state index in [0.717, 1.165) is 0 Å². The Labute approximate surface area is 82.1 Å². The summed E-state index contributed by atoms with van der Waals surface area (Å²) >= 11 is 0. The second-order valence-electron chi connectivity index (χ2n) is 2.65. The molecular formula is C10H13FO3. The maximum absolute atomic E-state index is 13.5. The van der Waals surface area contributed by atoms with Crippen LogP contribution in [0.4, 0.5) is 4.39 Å². The van der Waals surface area contributed by atoms with Crippen LogP contribution in [0.25, 0.3) is 0 Å². The van der Waals surface area contributed by atoms with Crippen LogP contribution >= 0.6 is 0 Å². The lowest BCUT2D eigenvalue weighted by atomic mass is 10.2. The lowest BCUT2D eigenvalue weighted by molar-refractivity contribution is 0.260. The van der Waals surface area contributed by atoms with Crippen molar-refractivity contribution in [3.63, 3.8) is 0 Å². The van der Waals surface area contributed by atoms with E-state index in [2.05, 4.69) is 0 Å². The molecule has 0 spiro atoms. The minimum atomic E-state index is -0.561. The van der Waals surface area contributed by atoms with Gasteiger partial charge in [0.15, 0.2) is 11.6 Å². The van der Waals surface area contributed by atoms with E-state index in [9.17, 15) is 4.39 Å². The van der Waals surface area contributed by atoms with Crippen molar-refractivity contribution < 1.29 is 19.0 Å². The van der Waals surface area contributed by atoms with Crippen molar-refractivity contribution in [1.82, 2.24) is 0 Å². The largest absolute Gasteiger partial charge is 0.496 e. The first-order valence-corrected chi connectivity index (χ1v) is 4.33. The first-order valence-electron chi connectivity index (χ1n) is 4.33. The predicted molar refractivity (Wildman–Crippen MR) is 50.0 cm³/mol. The van der Waals surface area contributed by atoms with Crippen molar-refractivity contribution in [1.29, 1.82) is 0 Å². The van der Waals surface area contributed by atoms with Gasteiger partial charge in [0.2, 0.25) is 0 Å². The topological polar surface area (TPSA) is 38.7 Å². The number of ether oxygens (including phenoxy) is 2. The third-order valence-electron chi connectivity index (χ3n) is 1.84. The number of aliphatic hydroxyl groups excluding tert-OH is 1. The van der Waals surface area contributed by atoms with E-state index in [1.165, 1.54) is 13.2 Å². The summed E-state index contributed by atoms with van der Waals surface area (Å²) in [7, 11) is 1.42. The fourth-order valence-corrected chi connectivity index (χ4v) is 1.19. The summed E-state index contributed by atoms with van der Waals surface area (Å²) in [5, 5.41) is 8.95. The molecule has 0 radical (unpaired) electrons. The van der Waals surface area contributed by atoms with Gasteiger partial charge in [-0.3, -0.25) is 0 Å². The SMILES string of the molecule is CCOc1ccc(OC)c(CO)c1F. The van der Waals surface area contributed by atoms with Crippen molar-refractivity contribution >= 4 is 0 Å². The van der Waals surface area contributed by atoms with Crippen LogP contribution in [-0.4, -0.2) is 18.8 Å². The molecule has 1 N–H and O–H groups in total. The van der Waals surface area contributed by atoms with Gasteiger partial charge in [-0.25, -0.2) is 4.39 Å². The van der Waals surface area contributed by atoms with E-state index in [-0.39, 0.29) is 11.3 Å². The molecule has 1 aromatic rings. The Bertz CT molecular complexity index is 312. The van der Waals surface area contributed by atoms with Gasteiger partial charge >= 0.3 is 0 Å². The van der Waals surface area contributed by atoms with Crippen LogP contribution in [0.15, 0.2) is 12.1 Å². The second kappa shape index (κ2) is 4.81. The Balaban J connectivity index is 3.13. The molecule has 0 aromatic heterocycles. The molecule has 0 heterocycles. The second-order valence-corrected chi connectivity index (χ2v) is 2.65. The molecule has 0 aliphatic heterocycles. The highest BCUT2D eigenvalue weighted by atomic mass is 19.1. The summed E-state index contributed by atoms with van der Waals surface area (Å²) in [4.78, 5) is 0. The van der Waals surface area contributed by atoms with Gasteiger partial charge in [0.25, 0.3) is 0 Å². The molecule has 0 bridgehead atoms. The highest BCUT2D eigenvalue weighted by Gasteiger charge is 2.13. The highest BCUT2D eigenvalue weighted by molar-refractivity contribution is 5.41. The number of benzene rings is 1. The summed E-state index contributed by atoms with van der Waals surface area (Å²) in [6.45, 7) is 1.74. The number of aliphatic hydroxyl groups is 1. The van der Waals surface area contributed by atoms with E-state index in [1.807, 2.05) is 0 Å². The summed E-state index contributed by atoms with van der Waals surface area (Å²) in [6, 6.07) is 3.05. The van der Waals surface area contributed by atoms with E-state index in [4.69, 9.17) is 14.6 Å². The summed E-state index contributed by atoms with van der Waals surface area (Å²) in [5.74, 6) is -0.0977. The fourth-order valence-electron chi connectivity index (χ4n) is 1.19. The van der Waals surface area contributed by atoms with Crippen LogP contribution in [0.3, 0.4) is 0 Å². The number of hydrogen-bond acceptors (Lipinski definition) is 3. The molecule has 0 saturated carbocycles. The normalized spacial score (nSPS) is 10.0. The van der Waals surface area contributed by atoms with Gasteiger partial charge < -0.3 is 14.6 Å². The Kier molecular flexibility index (Phi) is 3.71. The molecule has 78 valence electrons. The van der Waals surface area contributed by atoms with Gasteiger partial charge in [-0.05, 0) is 19.1 Å². The Morgan fingerprint density at radius 2 is 2.00 bits per heavy atom. The van der Waals surface area contributed by atoms with Crippen molar-refractivity contribution in [2.45, 2.75) is 13.5 Å². The van der Waals surface area contributed by atoms with Crippen molar-refractivity contribution in [3.05, 3.63) is 23.5 Å². The molecule has 14 heavy (non-hydrogen) atoms. The first kappa shape index (κ1) is 10.8. The molecule has 0 unspecified atom stereocenters. The van der Waals surface area contributed by atoms with Crippen LogP contribution in [0.1, 0.15) is 12.5 Å². The number of rotatable bonds is 4. The lowest BCUT2D eigenvalue weighted by Crippen LogP contribution is -2.01. The Morgan fingerprint density at radius 1 is 1.36 bits per heavy atom. The highest BCUT2D eigenvalue weighted by Crippen LogP contribution is 2.28. The zero-order chi connectivity index (χ0) is 10.6. The van der Waals surface area contributed by atoms with Gasteiger partial charge in [0, 0.05) is 0 Å². The summed E-state index contributed by atoms with van der Waals surface area (Å²) < 4.78 is 23.5. The molecule has 1 aromatic carbocycles. The van der Waals surface area contributed by atoms with E-state index in [1.54, 1.807) is 13.0 Å². The minimum absolute atomic E-state index is 0.124. The van der Waals surface area contributed by atoms with E-state index >= 15 is 0 Å². The smallest absolute Gasteiger partial charge is 0.174 e. The van der Waals surface area contributed by atoms with Crippen LogP contribution < -0.4 is 9.47 Å². The van der Waals surface area contributed by atoms with Crippen molar-refractivity contribution in [2.24, 2.45) is 0 Å². The van der Waals surface area contributed by atoms with Gasteiger partial charge in [-0.2, -0.15) is 0 Å². The number of halogens is 1. The standard InChI is InChI=1S/C10H13FO3/c1-3-14-9-5-4-8(13-2)7(6-12)10(9)11/h4-5,12H,3,6H2,1-2H3. The summed E-state index contributed by atoms with van der Waals surface area (Å²) in [6.07, 6.45) is 0. The van der Waals surface area contributed by atoms with E-state index < -0.39 is 12.4 Å². The predicted octanol–water partition coefficient (Wildman–Crippen LogP) is 1.73. The third-order valence-corrected chi connectivity index (χ3v) is 1.84. The van der Waals surface area contributed by atoms with Gasteiger partial charge in [-0.1, -0.05) is 0 Å². The van der Waals surface area contributed by atoms with E-state index in [0.29, 0.717) is 12.4 Å². The zero-order valence-electron chi connectivity index (χ0n) is 8.21. The molecule has 0 fully saturated rings. The average molecular weight is 200 g/mol. The Hall–Kier alpha value is -1.29. The average Bonchev–Trinajstić information content (AvgIpc) is 2.21. The molecule has 0 amide bonds. The first-order chi connectivity index (χ1) is 6.74. The molecule has 4 heteroatoms. The van der Waals surface area contributed by atoms with Gasteiger partial charge in [-0.15, -0.1) is 0 Å². The van der Waals surface area contributed by atoms with Crippen LogP contribution in [-0.2, 0) is 6.61 Å². The number of methoxy groups -OCH3 is 1. The summed E-state index contributed by atoms with van der Waals surface area (Å²) in [5.41, 5.74) is 0.124. The molecular weight excluding hydrogens is 187 g/mol. The molecule has 0 atom stereocenters. The Morgan fingerprint density at radius 3 is 2.50 bits per heavy atom. The van der Waals surface area contributed by atoms with Crippen LogP contribution in [0.2, 0.25) is 0 Å². The maximum Gasteiger partial charge on any atom is 0.174 e. The lowest BCUT2D eigenvalue weighted by Gasteiger charge is -2.11. The third kappa shape index (κ3) is 1.96. The quantitative estimate of drug-likeness (QED) is 0.804. The van der Waals surface area contributed by atoms with Crippen molar-refractivity contribution in [2.75, 3.05) is 13.7 Å².